The highest BCUT2D eigenvalue weighted by molar-refractivity contribution is 5.08. The van der Waals surface area contributed by atoms with Gasteiger partial charge in [-0.1, -0.05) is 19.2 Å². The van der Waals surface area contributed by atoms with Crippen molar-refractivity contribution >= 4 is 0 Å². The van der Waals surface area contributed by atoms with Crippen molar-refractivity contribution in [3.63, 3.8) is 0 Å². The number of rotatable bonds is 4. The summed E-state index contributed by atoms with van der Waals surface area (Å²) in [6, 6.07) is 0. The van der Waals surface area contributed by atoms with E-state index >= 15 is 0 Å². The molecule has 0 atom stereocenters. The minimum atomic E-state index is 0.668. The third kappa shape index (κ3) is 2.95. The molecule has 1 aliphatic rings. The predicted molar refractivity (Wildman–Crippen MR) is 51.8 cm³/mol. The first kappa shape index (κ1) is 9.11. The molecule has 1 nitrogen and oxygen atoms in total. The van der Waals surface area contributed by atoms with E-state index in [0.29, 0.717) is 12.4 Å². The standard InChI is InChI=1S/C11H16O/c1-3-10(2)12-9-11-7-5-4-6-8-11/h3,7H,1-2,4-6,8-9H2. The maximum Gasteiger partial charge on any atom is 0.112 e. The van der Waals surface area contributed by atoms with E-state index in [2.05, 4.69) is 19.2 Å². The van der Waals surface area contributed by atoms with Gasteiger partial charge in [0.05, 0.1) is 0 Å². The molecule has 66 valence electrons. The van der Waals surface area contributed by atoms with E-state index in [4.69, 9.17) is 4.74 Å². The van der Waals surface area contributed by atoms with Crippen LogP contribution in [0.3, 0.4) is 0 Å². The van der Waals surface area contributed by atoms with Crippen molar-refractivity contribution in [2.75, 3.05) is 6.61 Å². The van der Waals surface area contributed by atoms with E-state index in [9.17, 15) is 0 Å². The molecule has 0 amide bonds. The summed E-state index contributed by atoms with van der Waals surface area (Å²) in [5.74, 6) is 0.668. The Morgan fingerprint density at radius 1 is 1.58 bits per heavy atom. The first-order valence-corrected chi connectivity index (χ1v) is 4.45. The molecule has 1 rings (SSSR count). The first-order chi connectivity index (χ1) is 5.83. The van der Waals surface area contributed by atoms with Crippen molar-refractivity contribution in [3.8, 4) is 0 Å². The summed E-state index contributed by atoms with van der Waals surface area (Å²) >= 11 is 0. The van der Waals surface area contributed by atoms with Gasteiger partial charge < -0.3 is 4.74 Å². The number of allylic oxidation sites excluding steroid dienone is 2. The maximum atomic E-state index is 5.35. The van der Waals surface area contributed by atoms with E-state index in [1.54, 1.807) is 6.08 Å². The number of hydrogen-bond donors (Lipinski definition) is 0. The van der Waals surface area contributed by atoms with Crippen LogP contribution in [0, 0.1) is 0 Å². The third-order valence-electron chi connectivity index (χ3n) is 2.06. The molecule has 0 heterocycles. The summed E-state index contributed by atoms with van der Waals surface area (Å²) in [5, 5.41) is 0. The zero-order chi connectivity index (χ0) is 8.81. The number of hydrogen-bond acceptors (Lipinski definition) is 1. The monoisotopic (exact) mass is 164 g/mol. The summed E-state index contributed by atoms with van der Waals surface area (Å²) in [6.45, 7) is 7.97. The molecule has 0 radical (unpaired) electrons. The summed E-state index contributed by atoms with van der Waals surface area (Å²) in [6.07, 6.45) is 8.94. The van der Waals surface area contributed by atoms with E-state index in [1.165, 1.54) is 31.3 Å². The molecule has 0 fully saturated rings. The highest BCUT2D eigenvalue weighted by Gasteiger charge is 2.03. The van der Waals surface area contributed by atoms with Crippen LogP contribution in [0.4, 0.5) is 0 Å². The first-order valence-electron chi connectivity index (χ1n) is 4.45. The van der Waals surface area contributed by atoms with E-state index in [-0.39, 0.29) is 0 Å². The van der Waals surface area contributed by atoms with Crippen molar-refractivity contribution in [1.82, 2.24) is 0 Å². The average Bonchev–Trinajstić information content (AvgIpc) is 2.16. The van der Waals surface area contributed by atoms with Gasteiger partial charge in [-0.2, -0.15) is 0 Å². The summed E-state index contributed by atoms with van der Waals surface area (Å²) in [5.41, 5.74) is 1.41. The third-order valence-corrected chi connectivity index (χ3v) is 2.06. The maximum absolute atomic E-state index is 5.35. The average molecular weight is 164 g/mol. The van der Waals surface area contributed by atoms with Gasteiger partial charge in [0.15, 0.2) is 0 Å². The van der Waals surface area contributed by atoms with E-state index in [0.717, 1.165) is 0 Å². The number of ether oxygens (including phenoxy) is 1. The Labute approximate surface area is 74.4 Å². The van der Waals surface area contributed by atoms with Crippen LogP contribution in [-0.2, 0) is 4.74 Å². The molecule has 0 saturated heterocycles. The largest absolute Gasteiger partial charge is 0.490 e. The van der Waals surface area contributed by atoms with Gasteiger partial charge in [-0.25, -0.2) is 0 Å². The van der Waals surface area contributed by atoms with Crippen molar-refractivity contribution in [1.29, 1.82) is 0 Å². The Morgan fingerprint density at radius 2 is 2.42 bits per heavy atom. The van der Waals surface area contributed by atoms with Crippen LogP contribution in [0.15, 0.2) is 36.6 Å². The molecular weight excluding hydrogens is 148 g/mol. The van der Waals surface area contributed by atoms with Crippen LogP contribution >= 0.6 is 0 Å². The molecule has 0 saturated carbocycles. The van der Waals surface area contributed by atoms with Crippen LogP contribution in [0.2, 0.25) is 0 Å². The van der Waals surface area contributed by atoms with Crippen LogP contribution in [0.25, 0.3) is 0 Å². The zero-order valence-corrected chi connectivity index (χ0v) is 7.51. The quantitative estimate of drug-likeness (QED) is 0.352. The minimum Gasteiger partial charge on any atom is -0.490 e. The summed E-state index contributed by atoms with van der Waals surface area (Å²) < 4.78 is 5.35. The van der Waals surface area contributed by atoms with Crippen LogP contribution in [0.5, 0.6) is 0 Å². The smallest absolute Gasteiger partial charge is 0.112 e. The Hall–Kier alpha value is -0.980. The topological polar surface area (TPSA) is 9.23 Å². The summed E-state index contributed by atoms with van der Waals surface area (Å²) in [7, 11) is 0. The second-order valence-electron chi connectivity index (χ2n) is 3.07. The van der Waals surface area contributed by atoms with Gasteiger partial charge in [0.2, 0.25) is 0 Å². The molecule has 0 aromatic carbocycles. The lowest BCUT2D eigenvalue weighted by molar-refractivity contribution is 0.249. The Balaban J connectivity index is 2.26. The van der Waals surface area contributed by atoms with Gasteiger partial charge >= 0.3 is 0 Å². The molecule has 1 aliphatic carbocycles. The second kappa shape index (κ2) is 4.81. The highest BCUT2D eigenvalue weighted by Crippen LogP contribution is 2.17. The van der Waals surface area contributed by atoms with Gasteiger partial charge in [-0.05, 0) is 37.3 Å². The molecule has 0 spiro atoms. The lowest BCUT2D eigenvalue weighted by Crippen LogP contribution is -2.00. The molecule has 0 bridgehead atoms. The Morgan fingerprint density at radius 3 is 3.00 bits per heavy atom. The molecule has 0 aromatic rings. The molecule has 12 heavy (non-hydrogen) atoms. The Bertz CT molecular complexity index is 201. The highest BCUT2D eigenvalue weighted by atomic mass is 16.5. The molecule has 0 aliphatic heterocycles. The lowest BCUT2D eigenvalue weighted by Gasteiger charge is -2.13. The van der Waals surface area contributed by atoms with Crippen molar-refractivity contribution < 1.29 is 4.74 Å². The second-order valence-corrected chi connectivity index (χ2v) is 3.07. The predicted octanol–water partition coefficient (Wildman–Crippen LogP) is 3.20. The normalized spacial score (nSPS) is 16.5. The van der Waals surface area contributed by atoms with Crippen molar-refractivity contribution in [2.45, 2.75) is 25.7 Å². The molecule has 0 N–H and O–H groups in total. The fourth-order valence-corrected chi connectivity index (χ4v) is 1.28. The minimum absolute atomic E-state index is 0.668. The fourth-order valence-electron chi connectivity index (χ4n) is 1.28. The van der Waals surface area contributed by atoms with E-state index < -0.39 is 0 Å². The van der Waals surface area contributed by atoms with Gasteiger partial charge in [0, 0.05) is 0 Å². The van der Waals surface area contributed by atoms with Gasteiger partial charge in [-0.3, -0.25) is 0 Å². The lowest BCUT2D eigenvalue weighted by atomic mass is 10.0. The van der Waals surface area contributed by atoms with Crippen molar-refractivity contribution in [2.24, 2.45) is 0 Å². The molecule has 0 aromatic heterocycles. The zero-order valence-electron chi connectivity index (χ0n) is 7.51. The van der Waals surface area contributed by atoms with E-state index in [1.807, 2.05) is 0 Å². The fraction of sp³-hybridized carbons (Fsp3) is 0.455. The molecular formula is C11H16O. The van der Waals surface area contributed by atoms with Crippen LogP contribution < -0.4 is 0 Å². The van der Waals surface area contributed by atoms with Crippen LogP contribution in [-0.4, -0.2) is 6.61 Å². The molecule has 0 unspecified atom stereocenters. The summed E-state index contributed by atoms with van der Waals surface area (Å²) in [4.78, 5) is 0. The van der Waals surface area contributed by atoms with Crippen LogP contribution in [0.1, 0.15) is 25.7 Å². The van der Waals surface area contributed by atoms with Gasteiger partial charge in [0.1, 0.15) is 12.4 Å². The van der Waals surface area contributed by atoms with Gasteiger partial charge in [-0.15, -0.1) is 0 Å². The molecule has 1 heteroatoms. The Kier molecular flexibility index (Phi) is 3.65. The van der Waals surface area contributed by atoms with Crippen molar-refractivity contribution in [3.05, 3.63) is 36.6 Å². The SMILES string of the molecule is C=CC(=C)OCC1=CCCCC1. The van der Waals surface area contributed by atoms with Gasteiger partial charge in [0.25, 0.3) is 0 Å².